The second-order valence-corrected chi connectivity index (χ2v) is 3.47. The van der Waals surface area contributed by atoms with E-state index in [2.05, 4.69) is 9.72 Å². The van der Waals surface area contributed by atoms with Gasteiger partial charge < -0.3 is 9.84 Å². The molecule has 0 atom stereocenters. The van der Waals surface area contributed by atoms with Crippen LogP contribution in [-0.4, -0.2) is 23.2 Å². The van der Waals surface area contributed by atoms with Crippen LogP contribution in [0, 0.1) is 0 Å². The Balaban J connectivity index is 2.29. The molecule has 1 N–H and O–H groups in total. The van der Waals surface area contributed by atoms with Gasteiger partial charge in [0, 0.05) is 11.8 Å². The second kappa shape index (κ2) is 4.65. The van der Waals surface area contributed by atoms with Crippen LogP contribution in [0.25, 0.3) is 11.3 Å². The van der Waals surface area contributed by atoms with E-state index in [0.29, 0.717) is 5.56 Å². The van der Waals surface area contributed by atoms with Gasteiger partial charge in [0.25, 0.3) is 0 Å². The van der Waals surface area contributed by atoms with Crippen LogP contribution in [-0.2, 0) is 4.74 Å². The van der Waals surface area contributed by atoms with Crippen LogP contribution in [0.3, 0.4) is 0 Å². The number of ether oxygens (including phenoxy) is 1. The Morgan fingerprint density at radius 3 is 2.41 bits per heavy atom. The number of methoxy groups -OCH3 is 1. The molecule has 0 aliphatic rings. The third-order valence-electron chi connectivity index (χ3n) is 2.35. The van der Waals surface area contributed by atoms with E-state index >= 15 is 0 Å². The fraction of sp³-hybridized carbons (Fsp3) is 0.0769. The van der Waals surface area contributed by atoms with Gasteiger partial charge in [0.05, 0.1) is 18.4 Å². The van der Waals surface area contributed by atoms with Crippen molar-refractivity contribution in [3.8, 4) is 17.0 Å². The lowest BCUT2D eigenvalue weighted by Crippen LogP contribution is -2.01. The average Bonchev–Trinajstić information content (AvgIpc) is 2.39. The highest BCUT2D eigenvalue weighted by atomic mass is 16.5. The van der Waals surface area contributed by atoms with Gasteiger partial charge in [0.2, 0.25) is 0 Å². The number of nitrogens with zero attached hydrogens (tertiary/aromatic N) is 1. The van der Waals surface area contributed by atoms with Gasteiger partial charge >= 0.3 is 5.97 Å². The van der Waals surface area contributed by atoms with E-state index in [1.54, 1.807) is 36.4 Å². The van der Waals surface area contributed by atoms with E-state index in [0.717, 1.165) is 11.3 Å². The minimum absolute atomic E-state index is 0.208. The number of hydrogen-bond donors (Lipinski definition) is 1. The number of phenols is 1. The summed E-state index contributed by atoms with van der Waals surface area (Å²) in [5, 5.41) is 9.17. The lowest BCUT2D eigenvalue weighted by molar-refractivity contribution is 0.0600. The third kappa shape index (κ3) is 2.42. The summed E-state index contributed by atoms with van der Waals surface area (Å²) in [7, 11) is 1.33. The number of pyridine rings is 1. The maximum absolute atomic E-state index is 11.2. The number of aromatic nitrogens is 1. The van der Waals surface area contributed by atoms with Crippen molar-refractivity contribution in [2.45, 2.75) is 0 Å². The second-order valence-electron chi connectivity index (χ2n) is 3.47. The molecule has 0 saturated carbocycles. The zero-order valence-corrected chi connectivity index (χ0v) is 9.25. The van der Waals surface area contributed by atoms with E-state index in [-0.39, 0.29) is 5.75 Å². The van der Waals surface area contributed by atoms with Crippen LogP contribution in [0.4, 0.5) is 0 Å². The number of hydrogen-bond acceptors (Lipinski definition) is 4. The number of benzene rings is 1. The van der Waals surface area contributed by atoms with Gasteiger partial charge in [0.15, 0.2) is 0 Å². The van der Waals surface area contributed by atoms with Gasteiger partial charge in [-0.15, -0.1) is 0 Å². The number of phenolic OH excluding ortho intramolecular Hbond substituents is 1. The topological polar surface area (TPSA) is 59.4 Å². The smallest absolute Gasteiger partial charge is 0.339 e. The van der Waals surface area contributed by atoms with Crippen LogP contribution < -0.4 is 0 Å². The van der Waals surface area contributed by atoms with Crippen LogP contribution in [0.5, 0.6) is 5.75 Å². The Morgan fingerprint density at radius 2 is 1.88 bits per heavy atom. The highest BCUT2D eigenvalue weighted by Gasteiger charge is 2.06. The number of carbonyl (C=O) groups is 1. The van der Waals surface area contributed by atoms with Crippen molar-refractivity contribution < 1.29 is 14.6 Å². The Kier molecular flexibility index (Phi) is 3.05. The average molecular weight is 229 g/mol. The van der Waals surface area contributed by atoms with Crippen LogP contribution in [0.1, 0.15) is 10.4 Å². The minimum Gasteiger partial charge on any atom is -0.508 e. The quantitative estimate of drug-likeness (QED) is 0.802. The first-order chi connectivity index (χ1) is 8.20. The molecule has 4 heteroatoms. The molecule has 0 radical (unpaired) electrons. The predicted octanol–water partition coefficient (Wildman–Crippen LogP) is 2.24. The first kappa shape index (κ1) is 11.1. The number of esters is 1. The summed E-state index contributed by atoms with van der Waals surface area (Å²) in [5.41, 5.74) is 2.02. The molecule has 0 spiro atoms. The van der Waals surface area contributed by atoms with Gasteiger partial charge in [0.1, 0.15) is 5.75 Å². The SMILES string of the molecule is COC(=O)c1ccc(-c2ccc(O)cc2)nc1. The molecule has 1 aromatic carbocycles. The molecule has 0 aliphatic carbocycles. The largest absolute Gasteiger partial charge is 0.508 e. The molecule has 1 aromatic heterocycles. The minimum atomic E-state index is -0.408. The zero-order chi connectivity index (χ0) is 12.3. The summed E-state index contributed by atoms with van der Waals surface area (Å²) in [6.45, 7) is 0. The molecule has 0 amide bonds. The molecule has 2 rings (SSSR count). The lowest BCUT2D eigenvalue weighted by atomic mass is 10.1. The lowest BCUT2D eigenvalue weighted by Gasteiger charge is -2.02. The summed E-state index contributed by atoms with van der Waals surface area (Å²) in [6.07, 6.45) is 1.47. The molecule has 1 heterocycles. The maximum Gasteiger partial charge on any atom is 0.339 e. The van der Waals surface area contributed by atoms with Crippen LogP contribution >= 0.6 is 0 Å². The van der Waals surface area contributed by atoms with Gasteiger partial charge in [-0.3, -0.25) is 4.98 Å². The fourth-order valence-corrected chi connectivity index (χ4v) is 1.44. The van der Waals surface area contributed by atoms with Gasteiger partial charge in [-0.25, -0.2) is 4.79 Å². The van der Waals surface area contributed by atoms with Crippen molar-refractivity contribution >= 4 is 5.97 Å². The summed E-state index contributed by atoms with van der Waals surface area (Å²) in [6, 6.07) is 10.1. The molecule has 0 bridgehead atoms. The van der Waals surface area contributed by atoms with E-state index in [4.69, 9.17) is 0 Å². The molecule has 0 fully saturated rings. The molecule has 4 nitrogen and oxygen atoms in total. The van der Waals surface area contributed by atoms with E-state index in [9.17, 15) is 9.90 Å². The number of aromatic hydroxyl groups is 1. The Labute approximate surface area is 98.5 Å². The number of rotatable bonds is 2. The summed E-state index contributed by atoms with van der Waals surface area (Å²) < 4.78 is 4.59. The van der Waals surface area contributed by atoms with Crippen molar-refractivity contribution in [2.24, 2.45) is 0 Å². The first-order valence-corrected chi connectivity index (χ1v) is 5.04. The molecular formula is C13H11NO3. The Morgan fingerprint density at radius 1 is 1.18 bits per heavy atom. The standard InChI is InChI=1S/C13H11NO3/c1-17-13(16)10-4-7-12(14-8-10)9-2-5-11(15)6-3-9/h2-8,15H,1H3. The predicted molar refractivity (Wildman–Crippen MR) is 62.7 cm³/mol. The molecule has 0 saturated heterocycles. The highest BCUT2D eigenvalue weighted by Crippen LogP contribution is 2.20. The molecule has 86 valence electrons. The summed E-state index contributed by atoms with van der Waals surface area (Å²) >= 11 is 0. The maximum atomic E-state index is 11.2. The van der Waals surface area contributed by atoms with Crippen molar-refractivity contribution in [1.82, 2.24) is 4.98 Å². The number of carbonyl (C=O) groups excluding carboxylic acids is 1. The zero-order valence-electron chi connectivity index (χ0n) is 9.25. The molecular weight excluding hydrogens is 218 g/mol. The van der Waals surface area contributed by atoms with Crippen LogP contribution in [0.15, 0.2) is 42.6 Å². The molecule has 2 aromatic rings. The van der Waals surface area contributed by atoms with Crippen LogP contribution in [0.2, 0.25) is 0 Å². The van der Waals surface area contributed by atoms with E-state index < -0.39 is 5.97 Å². The highest BCUT2D eigenvalue weighted by molar-refractivity contribution is 5.89. The van der Waals surface area contributed by atoms with Gasteiger partial charge in [-0.2, -0.15) is 0 Å². The van der Waals surface area contributed by atoms with Gasteiger partial charge in [-0.1, -0.05) is 0 Å². The molecule has 0 aliphatic heterocycles. The van der Waals surface area contributed by atoms with Crippen molar-refractivity contribution in [3.05, 3.63) is 48.2 Å². The van der Waals surface area contributed by atoms with Crippen molar-refractivity contribution in [2.75, 3.05) is 7.11 Å². The first-order valence-electron chi connectivity index (χ1n) is 5.04. The Bertz CT molecular complexity index is 517. The summed E-state index contributed by atoms with van der Waals surface area (Å²) in [4.78, 5) is 15.4. The van der Waals surface area contributed by atoms with E-state index in [1.165, 1.54) is 13.3 Å². The monoisotopic (exact) mass is 229 g/mol. The normalized spacial score (nSPS) is 9.94. The van der Waals surface area contributed by atoms with E-state index in [1.807, 2.05) is 0 Å². The summed E-state index contributed by atoms with van der Waals surface area (Å²) in [5.74, 6) is -0.199. The third-order valence-corrected chi connectivity index (χ3v) is 2.35. The van der Waals surface area contributed by atoms with Crippen molar-refractivity contribution in [3.63, 3.8) is 0 Å². The molecule has 17 heavy (non-hydrogen) atoms. The Hall–Kier alpha value is -2.36. The fourth-order valence-electron chi connectivity index (χ4n) is 1.44. The van der Waals surface area contributed by atoms with Gasteiger partial charge in [-0.05, 0) is 36.4 Å². The van der Waals surface area contributed by atoms with Crippen molar-refractivity contribution in [1.29, 1.82) is 0 Å². The molecule has 0 unspecified atom stereocenters.